The number of rotatable bonds is 2. The fourth-order valence-electron chi connectivity index (χ4n) is 1.52. The maximum Gasteiger partial charge on any atom is 1.00 e. The van der Waals surface area contributed by atoms with E-state index in [2.05, 4.69) is 63.7 Å². The quantitative estimate of drug-likeness (QED) is 0.360. The molecule has 0 bridgehead atoms. The van der Waals surface area contributed by atoms with Crippen LogP contribution in [0.15, 0.2) is 51.9 Å². The molecule has 11 heteroatoms. The van der Waals surface area contributed by atoms with E-state index in [-0.39, 0.29) is 98.3 Å². The zero-order chi connectivity index (χ0) is 15.9. The van der Waals surface area contributed by atoms with E-state index in [1.165, 1.54) is 24.3 Å². The molecule has 112 valence electrons. The smallest absolute Gasteiger partial charge is 0.871 e. The third-order valence-corrected chi connectivity index (χ3v) is 6.63. The zero-order valence-electron chi connectivity index (χ0n) is 11.9. The van der Waals surface area contributed by atoms with E-state index in [1.807, 2.05) is 0 Å². The van der Waals surface area contributed by atoms with Crippen LogP contribution in [-0.4, -0.2) is 8.42 Å². The Morgan fingerprint density at radius 3 is 1.09 bits per heavy atom. The summed E-state index contributed by atoms with van der Waals surface area (Å²) in [6, 6.07) is 4.93. The molecule has 0 N–H and O–H groups in total. The van der Waals surface area contributed by atoms with Crippen LogP contribution < -0.4 is 69.3 Å². The summed E-state index contributed by atoms with van der Waals surface area (Å²) >= 11 is 12.1. The summed E-state index contributed by atoms with van der Waals surface area (Å²) in [5.74, 6) is -0.683. The van der Waals surface area contributed by atoms with Crippen molar-refractivity contribution in [2.45, 2.75) is 9.79 Å². The van der Waals surface area contributed by atoms with Gasteiger partial charge in [-0.2, -0.15) is 0 Å². The third kappa shape index (κ3) is 5.45. The average Bonchev–Trinajstić information content (AvgIpc) is 2.40. The Hall–Kier alpha value is 1.91. The van der Waals surface area contributed by atoms with Crippen molar-refractivity contribution in [3.63, 3.8) is 0 Å². The minimum absolute atomic E-state index is 0. The molecule has 0 atom stereocenters. The number of benzene rings is 2. The van der Waals surface area contributed by atoms with Gasteiger partial charge in [-0.1, -0.05) is 75.2 Å². The Morgan fingerprint density at radius 1 is 0.652 bits per heavy atom. The van der Waals surface area contributed by atoms with E-state index in [4.69, 9.17) is 0 Å². The molecular weight excluding hydrogens is 606 g/mol. The molecule has 0 spiro atoms. The van der Waals surface area contributed by atoms with E-state index in [1.54, 1.807) is 0 Å². The van der Waals surface area contributed by atoms with Gasteiger partial charge in [-0.15, -0.1) is 0 Å². The standard InChI is InChI=1S/C12H6Br4O4S.2Na/c13-7-1-5(2-8(14)11(7)17)21(19,20)6-3-9(15)12(18)10(16)4-6;;/h1-4,17-18H;;/q;2*+1/p-2. The van der Waals surface area contributed by atoms with Crippen LogP contribution in [0.3, 0.4) is 0 Å². The fourth-order valence-corrected chi connectivity index (χ4v) is 5.86. The van der Waals surface area contributed by atoms with E-state index < -0.39 is 9.84 Å². The minimum atomic E-state index is -3.86. The molecule has 0 amide bonds. The monoisotopic (exact) mass is 606 g/mol. The van der Waals surface area contributed by atoms with Crippen molar-refractivity contribution in [1.29, 1.82) is 0 Å². The van der Waals surface area contributed by atoms with E-state index in [0.29, 0.717) is 0 Å². The summed E-state index contributed by atoms with van der Waals surface area (Å²) in [6.45, 7) is 0. The van der Waals surface area contributed by atoms with Crippen LogP contribution in [0, 0.1) is 0 Å². The largest absolute Gasteiger partial charge is 1.00 e. The Balaban J connectivity index is 0.00000242. The van der Waals surface area contributed by atoms with Gasteiger partial charge in [0.1, 0.15) is 0 Å². The van der Waals surface area contributed by atoms with Gasteiger partial charge in [0, 0.05) is 17.9 Å². The second kappa shape index (κ2) is 9.73. The van der Waals surface area contributed by atoms with Crippen LogP contribution in [-0.2, 0) is 9.84 Å². The summed E-state index contributed by atoms with van der Waals surface area (Å²) in [7, 11) is -3.86. The molecule has 0 saturated carbocycles. The van der Waals surface area contributed by atoms with Gasteiger partial charge in [-0.25, -0.2) is 8.42 Å². The van der Waals surface area contributed by atoms with Crippen LogP contribution in [0.25, 0.3) is 0 Å². The first-order valence-corrected chi connectivity index (χ1v) is 9.87. The zero-order valence-corrected chi connectivity index (χ0v) is 23.0. The minimum Gasteiger partial charge on any atom is -0.871 e. The van der Waals surface area contributed by atoms with Gasteiger partial charge in [0.15, 0.2) is 0 Å². The topological polar surface area (TPSA) is 80.3 Å². The molecule has 0 aliphatic heterocycles. The van der Waals surface area contributed by atoms with Crippen LogP contribution in [0.1, 0.15) is 0 Å². The molecule has 0 aliphatic rings. The fraction of sp³-hybridized carbons (Fsp3) is 0. The Morgan fingerprint density at radius 2 is 0.870 bits per heavy atom. The summed E-state index contributed by atoms with van der Waals surface area (Å²) in [4.78, 5) is -0.114. The van der Waals surface area contributed by atoms with Crippen molar-refractivity contribution in [3.05, 3.63) is 42.2 Å². The molecule has 2 aromatic carbocycles. The predicted octanol–water partition coefficient (Wildman–Crippen LogP) is -2.28. The molecule has 0 aromatic heterocycles. The first kappa shape index (κ1) is 24.9. The second-order valence-corrected chi connectivity index (χ2v) is 9.30. The van der Waals surface area contributed by atoms with Gasteiger partial charge < -0.3 is 10.2 Å². The number of hydrogen-bond donors (Lipinski definition) is 0. The molecule has 0 heterocycles. The molecule has 0 unspecified atom stereocenters. The Bertz CT molecular complexity index is 733. The predicted molar refractivity (Wildman–Crippen MR) is 88.0 cm³/mol. The van der Waals surface area contributed by atoms with E-state index >= 15 is 0 Å². The first-order valence-electron chi connectivity index (χ1n) is 5.22. The molecule has 0 fully saturated rings. The molecule has 2 rings (SSSR count). The summed E-state index contributed by atoms with van der Waals surface area (Å²) in [5, 5.41) is 23.2. The molecule has 0 radical (unpaired) electrons. The van der Waals surface area contributed by atoms with Crippen molar-refractivity contribution in [2.24, 2.45) is 0 Å². The second-order valence-electron chi connectivity index (χ2n) is 3.94. The van der Waals surface area contributed by atoms with Gasteiger partial charge in [-0.05, 0) is 24.3 Å². The van der Waals surface area contributed by atoms with Crippen molar-refractivity contribution >= 4 is 73.6 Å². The molecule has 4 nitrogen and oxygen atoms in total. The molecule has 23 heavy (non-hydrogen) atoms. The van der Waals surface area contributed by atoms with Gasteiger partial charge >= 0.3 is 59.1 Å². The van der Waals surface area contributed by atoms with Gasteiger partial charge in [0.2, 0.25) is 9.84 Å². The maximum absolute atomic E-state index is 12.6. The Labute approximate surface area is 211 Å². The van der Waals surface area contributed by atoms with Crippen LogP contribution >= 0.6 is 63.7 Å². The third-order valence-electron chi connectivity index (χ3n) is 2.56. The molecule has 2 aromatic rings. The van der Waals surface area contributed by atoms with Crippen molar-refractivity contribution in [3.8, 4) is 11.5 Å². The normalized spacial score (nSPS) is 10.6. The summed E-state index contributed by atoms with van der Waals surface area (Å²) in [6.07, 6.45) is 0. The van der Waals surface area contributed by atoms with Gasteiger partial charge in [-0.3, -0.25) is 0 Å². The first-order chi connectivity index (χ1) is 9.64. The number of sulfone groups is 1. The van der Waals surface area contributed by atoms with E-state index in [0.717, 1.165) is 0 Å². The Kier molecular flexibility index (Phi) is 10.5. The van der Waals surface area contributed by atoms with Crippen molar-refractivity contribution < 1.29 is 77.7 Å². The SMILES string of the molecule is O=S(=O)(c1cc(Br)c([O-])c(Br)c1)c1cc(Br)c([O-])c(Br)c1.[Na+].[Na+]. The van der Waals surface area contributed by atoms with Gasteiger partial charge in [0.25, 0.3) is 0 Å². The van der Waals surface area contributed by atoms with Crippen molar-refractivity contribution in [2.75, 3.05) is 0 Å². The van der Waals surface area contributed by atoms with E-state index in [9.17, 15) is 18.6 Å². The summed E-state index contributed by atoms with van der Waals surface area (Å²) in [5.41, 5.74) is 0. The average molecular weight is 610 g/mol. The molecule has 0 aliphatic carbocycles. The van der Waals surface area contributed by atoms with Crippen LogP contribution in [0.4, 0.5) is 0 Å². The van der Waals surface area contributed by atoms with Gasteiger partial charge in [0.05, 0.1) is 9.79 Å². The summed E-state index contributed by atoms with van der Waals surface area (Å²) < 4.78 is 25.7. The maximum atomic E-state index is 12.6. The van der Waals surface area contributed by atoms with Crippen LogP contribution in [0.5, 0.6) is 11.5 Å². The number of halogens is 4. The van der Waals surface area contributed by atoms with Crippen LogP contribution in [0.2, 0.25) is 0 Å². The van der Waals surface area contributed by atoms with Crippen molar-refractivity contribution in [1.82, 2.24) is 0 Å². The molecule has 0 saturated heterocycles. The molecular formula is C12H4Br4Na2O4S. The number of hydrogen-bond acceptors (Lipinski definition) is 4.